The number of carboxylic acid groups (broad SMARTS) is 1. The molecule has 0 saturated heterocycles. The van der Waals surface area contributed by atoms with Gasteiger partial charge in [-0.15, -0.1) is 0 Å². The number of carbonyl (C=O) groups is 1. The lowest BCUT2D eigenvalue weighted by Gasteiger charge is -2.06. The average molecular weight is 215 g/mol. The minimum absolute atomic E-state index is 0.576. The van der Waals surface area contributed by atoms with Gasteiger partial charge in [-0.2, -0.15) is 0 Å². The number of hydrogen-bond acceptors (Lipinski definition) is 4. The summed E-state index contributed by atoms with van der Waals surface area (Å²) in [5, 5.41) is 28.0. The Labute approximate surface area is 82.7 Å². The van der Waals surface area contributed by atoms with E-state index in [1.165, 1.54) is 0 Å². The lowest BCUT2D eigenvalue weighted by molar-refractivity contribution is -0.386. The number of aliphatic carboxylic acids is 1. The Bertz CT molecular complexity index is 419. The number of aliphatic hydroxyl groups is 1. The van der Waals surface area contributed by atoms with Crippen molar-refractivity contribution >= 4 is 11.7 Å². The molecule has 0 aromatic heterocycles. The highest BCUT2D eigenvalue weighted by Crippen LogP contribution is 2.25. The van der Waals surface area contributed by atoms with E-state index in [0.717, 1.165) is 12.1 Å². The van der Waals surface area contributed by atoms with Gasteiger partial charge in [-0.3, -0.25) is 10.1 Å². The van der Waals surface area contributed by atoms with Gasteiger partial charge in [0.25, 0.3) is 5.69 Å². The SMILES string of the molecule is O=C(O)[C@@H](O)c1cc(F)ccc1[N+](=O)[O-]. The van der Waals surface area contributed by atoms with E-state index in [0.29, 0.717) is 6.07 Å². The quantitative estimate of drug-likeness (QED) is 0.575. The number of nitro groups is 1. The molecule has 1 rings (SSSR count). The van der Waals surface area contributed by atoms with Gasteiger partial charge in [0.05, 0.1) is 10.5 Å². The van der Waals surface area contributed by atoms with E-state index >= 15 is 0 Å². The smallest absolute Gasteiger partial charge is 0.337 e. The Morgan fingerprint density at radius 3 is 2.60 bits per heavy atom. The molecule has 0 bridgehead atoms. The summed E-state index contributed by atoms with van der Waals surface area (Å²) in [6.07, 6.45) is -2.11. The highest BCUT2D eigenvalue weighted by molar-refractivity contribution is 5.75. The van der Waals surface area contributed by atoms with Crippen LogP contribution in [0.2, 0.25) is 0 Å². The predicted octanol–water partition coefficient (Wildman–Crippen LogP) is 0.852. The van der Waals surface area contributed by atoms with Crippen LogP contribution in [-0.4, -0.2) is 21.1 Å². The van der Waals surface area contributed by atoms with E-state index in [1.54, 1.807) is 0 Å². The van der Waals surface area contributed by atoms with Gasteiger partial charge >= 0.3 is 5.97 Å². The van der Waals surface area contributed by atoms with Crippen molar-refractivity contribution in [3.8, 4) is 0 Å². The van der Waals surface area contributed by atoms with Crippen LogP contribution < -0.4 is 0 Å². The maximum absolute atomic E-state index is 12.7. The average Bonchev–Trinajstić information content (AvgIpc) is 2.15. The Kier molecular flexibility index (Phi) is 2.96. The number of aliphatic hydroxyl groups excluding tert-OH is 1. The van der Waals surface area contributed by atoms with Gasteiger partial charge in [0.15, 0.2) is 6.10 Å². The Morgan fingerprint density at radius 1 is 1.53 bits per heavy atom. The zero-order valence-electron chi connectivity index (χ0n) is 7.25. The number of halogens is 1. The second-order valence-corrected chi connectivity index (χ2v) is 2.70. The molecular weight excluding hydrogens is 209 g/mol. The van der Waals surface area contributed by atoms with E-state index in [4.69, 9.17) is 10.2 Å². The van der Waals surface area contributed by atoms with Crippen LogP contribution in [0, 0.1) is 15.9 Å². The van der Waals surface area contributed by atoms with Crippen LogP contribution in [0.4, 0.5) is 10.1 Å². The van der Waals surface area contributed by atoms with Gasteiger partial charge in [-0.05, 0) is 12.1 Å². The van der Waals surface area contributed by atoms with Crippen molar-refractivity contribution in [1.82, 2.24) is 0 Å². The number of nitrogens with zero attached hydrogens (tertiary/aromatic N) is 1. The Morgan fingerprint density at radius 2 is 2.13 bits per heavy atom. The van der Waals surface area contributed by atoms with Crippen LogP contribution >= 0.6 is 0 Å². The molecule has 0 heterocycles. The summed E-state index contributed by atoms with van der Waals surface area (Å²) in [6.45, 7) is 0. The third-order valence-electron chi connectivity index (χ3n) is 1.71. The fourth-order valence-electron chi connectivity index (χ4n) is 1.04. The third-order valence-corrected chi connectivity index (χ3v) is 1.71. The molecule has 0 saturated carbocycles. The largest absolute Gasteiger partial charge is 0.479 e. The molecule has 0 aliphatic heterocycles. The monoisotopic (exact) mass is 215 g/mol. The molecule has 15 heavy (non-hydrogen) atoms. The fourth-order valence-corrected chi connectivity index (χ4v) is 1.04. The molecule has 80 valence electrons. The summed E-state index contributed by atoms with van der Waals surface area (Å²) < 4.78 is 12.7. The molecule has 7 heteroatoms. The van der Waals surface area contributed by atoms with Gasteiger partial charge in [0, 0.05) is 6.07 Å². The summed E-state index contributed by atoms with van der Waals surface area (Å²) >= 11 is 0. The molecule has 2 N–H and O–H groups in total. The zero-order chi connectivity index (χ0) is 11.6. The van der Waals surface area contributed by atoms with Crippen molar-refractivity contribution in [2.24, 2.45) is 0 Å². The van der Waals surface area contributed by atoms with Crippen LogP contribution in [0.5, 0.6) is 0 Å². The zero-order valence-corrected chi connectivity index (χ0v) is 7.25. The topological polar surface area (TPSA) is 101 Å². The van der Waals surface area contributed by atoms with Gasteiger partial charge in [0.2, 0.25) is 0 Å². The predicted molar refractivity (Wildman–Crippen MR) is 45.7 cm³/mol. The van der Waals surface area contributed by atoms with E-state index < -0.39 is 34.1 Å². The summed E-state index contributed by atoms with van der Waals surface area (Å²) in [5.41, 5.74) is -1.21. The third kappa shape index (κ3) is 2.26. The van der Waals surface area contributed by atoms with E-state index in [-0.39, 0.29) is 0 Å². The number of hydrogen-bond donors (Lipinski definition) is 2. The molecular formula is C8H6FNO5. The van der Waals surface area contributed by atoms with Crippen LogP contribution in [-0.2, 0) is 4.79 Å². The molecule has 0 aliphatic rings. The first-order chi connectivity index (χ1) is 6.93. The van der Waals surface area contributed by atoms with Gasteiger partial charge in [-0.25, -0.2) is 9.18 Å². The minimum Gasteiger partial charge on any atom is -0.479 e. The molecule has 0 unspecified atom stereocenters. The first-order valence-corrected chi connectivity index (χ1v) is 3.78. The van der Waals surface area contributed by atoms with Gasteiger partial charge in [-0.1, -0.05) is 0 Å². The number of rotatable bonds is 3. The highest BCUT2D eigenvalue weighted by atomic mass is 19.1. The van der Waals surface area contributed by atoms with Gasteiger partial charge in [0.1, 0.15) is 5.82 Å². The lowest BCUT2D eigenvalue weighted by atomic mass is 10.1. The summed E-state index contributed by atoms with van der Waals surface area (Å²) in [6, 6.07) is 2.24. The molecule has 1 atom stereocenters. The Hall–Kier alpha value is -2.02. The maximum Gasteiger partial charge on any atom is 0.337 e. The van der Waals surface area contributed by atoms with Crippen molar-refractivity contribution in [1.29, 1.82) is 0 Å². The molecule has 1 aromatic carbocycles. The van der Waals surface area contributed by atoms with E-state index in [2.05, 4.69) is 0 Å². The fraction of sp³-hybridized carbons (Fsp3) is 0.125. The molecule has 1 aromatic rings. The van der Waals surface area contributed by atoms with Crippen molar-refractivity contribution in [3.05, 3.63) is 39.7 Å². The van der Waals surface area contributed by atoms with Crippen molar-refractivity contribution in [2.45, 2.75) is 6.10 Å². The number of carboxylic acids is 1. The van der Waals surface area contributed by atoms with Gasteiger partial charge < -0.3 is 10.2 Å². The number of benzene rings is 1. The van der Waals surface area contributed by atoms with Crippen LogP contribution in [0.3, 0.4) is 0 Å². The first-order valence-electron chi connectivity index (χ1n) is 3.78. The number of nitro benzene ring substituents is 1. The molecule has 0 amide bonds. The summed E-state index contributed by atoms with van der Waals surface area (Å²) in [4.78, 5) is 19.9. The van der Waals surface area contributed by atoms with E-state index in [1.807, 2.05) is 0 Å². The summed E-state index contributed by atoms with van der Waals surface area (Å²) in [7, 11) is 0. The Balaban J connectivity index is 3.30. The maximum atomic E-state index is 12.7. The standard InChI is InChI=1S/C8H6FNO5/c9-4-1-2-6(10(14)15)5(3-4)7(11)8(12)13/h1-3,7,11H,(H,12,13)/t7-/m0/s1. The summed E-state index contributed by atoms with van der Waals surface area (Å²) in [5.74, 6) is -2.53. The van der Waals surface area contributed by atoms with Crippen LogP contribution in [0.15, 0.2) is 18.2 Å². The van der Waals surface area contributed by atoms with Crippen LogP contribution in [0.1, 0.15) is 11.7 Å². The molecule has 0 radical (unpaired) electrons. The molecule has 0 fully saturated rings. The van der Waals surface area contributed by atoms with Crippen molar-refractivity contribution < 1.29 is 24.3 Å². The molecule has 6 nitrogen and oxygen atoms in total. The molecule has 0 aliphatic carbocycles. The lowest BCUT2D eigenvalue weighted by Crippen LogP contribution is -2.12. The van der Waals surface area contributed by atoms with Crippen molar-refractivity contribution in [3.63, 3.8) is 0 Å². The second kappa shape index (κ2) is 4.01. The minimum atomic E-state index is -2.11. The second-order valence-electron chi connectivity index (χ2n) is 2.70. The first kappa shape index (κ1) is 11.1. The van der Waals surface area contributed by atoms with Crippen molar-refractivity contribution in [2.75, 3.05) is 0 Å². The van der Waals surface area contributed by atoms with Crippen LogP contribution in [0.25, 0.3) is 0 Å². The molecule has 0 spiro atoms. The highest BCUT2D eigenvalue weighted by Gasteiger charge is 2.26. The normalized spacial score (nSPS) is 12.1. The van der Waals surface area contributed by atoms with E-state index in [9.17, 15) is 19.3 Å².